The number of amides is 1. The number of azo groups is 2. The summed E-state index contributed by atoms with van der Waals surface area (Å²) in [5.74, 6) is -6.28. The second-order valence-corrected chi connectivity index (χ2v) is 26.8. The van der Waals surface area contributed by atoms with Crippen molar-refractivity contribution in [1.82, 2.24) is 15.0 Å². The number of phenols is 2. The summed E-state index contributed by atoms with van der Waals surface area (Å²) in [7, 11) is -29.4. The van der Waals surface area contributed by atoms with E-state index in [2.05, 4.69) is 50.2 Å². The molecule has 1 amide bonds. The number of carbonyl (C=O) groups excluding carboxylic acids is 1. The molecule has 442 valence electrons. The molecule has 9 N–H and O–H groups in total. The van der Waals surface area contributed by atoms with E-state index in [9.17, 15) is 87.9 Å². The minimum atomic E-state index is -5.53. The number of hydrogen-bond donors (Lipinski definition) is 9. The summed E-state index contributed by atoms with van der Waals surface area (Å²) >= 11 is 9.63. The second kappa shape index (κ2) is 24.2. The molecule has 1 aromatic heterocycles. The van der Waals surface area contributed by atoms with Crippen molar-refractivity contribution >= 4 is 174 Å². The number of sulfone groups is 1. The van der Waals surface area contributed by atoms with Crippen molar-refractivity contribution in [1.29, 1.82) is 0 Å². The number of benzene rings is 6. The SMILES string of the molecule is CN(c1ccc2c(O)c(N=Nc3ccc(S(=O)(=O)COS(=O)(=O)O)cc3)c(S(=O)(=O)O)cc2c1)c1nc(Cl)nc(Nc2cc(S(=O)(=O)O)cc3cc(S(=O)(=O)O)c(N=Nc4cc(NC(=O)CS(=O)OCCCl)ccc4S(=O)(=O)O)c(O)c23)n1. The van der Waals surface area contributed by atoms with Gasteiger partial charge in [0.1, 0.15) is 37.5 Å². The Hall–Kier alpha value is -7.13. The molecule has 0 saturated heterocycles. The van der Waals surface area contributed by atoms with Crippen LogP contribution in [0.15, 0.2) is 130 Å². The highest BCUT2D eigenvalue weighted by Crippen LogP contribution is 2.47. The molecule has 1 atom stereocenters. The fourth-order valence-electron chi connectivity index (χ4n) is 7.11. The molecular formula is C41H34Cl2N10O23S7. The van der Waals surface area contributed by atoms with Crippen LogP contribution in [0.1, 0.15) is 0 Å². The molecule has 1 unspecified atom stereocenters. The van der Waals surface area contributed by atoms with Crippen molar-refractivity contribution in [3.8, 4) is 11.5 Å². The Kier molecular flexibility index (Phi) is 18.5. The fraction of sp³-hybridized carbons (Fsp3) is 0.122. The normalized spacial score (nSPS) is 13.3. The van der Waals surface area contributed by atoms with Gasteiger partial charge in [-0.25, -0.2) is 16.8 Å². The largest absolute Gasteiger partial charge is 0.505 e. The van der Waals surface area contributed by atoms with Gasteiger partial charge in [-0.15, -0.1) is 26.9 Å². The van der Waals surface area contributed by atoms with E-state index in [1.54, 1.807) is 0 Å². The highest BCUT2D eigenvalue weighted by Gasteiger charge is 2.28. The predicted octanol–water partition coefficient (Wildman–Crippen LogP) is 5.98. The summed E-state index contributed by atoms with van der Waals surface area (Å²) in [5.41, 5.74) is -3.74. The molecule has 0 radical (unpaired) electrons. The van der Waals surface area contributed by atoms with E-state index >= 15 is 0 Å². The van der Waals surface area contributed by atoms with Crippen LogP contribution in [0.25, 0.3) is 21.5 Å². The van der Waals surface area contributed by atoms with Crippen LogP contribution in [0.4, 0.5) is 51.7 Å². The molecule has 1 heterocycles. The zero-order valence-electron chi connectivity index (χ0n) is 40.8. The van der Waals surface area contributed by atoms with Crippen LogP contribution in [-0.2, 0) is 84.9 Å². The lowest BCUT2D eigenvalue weighted by Gasteiger charge is -2.19. The Bertz CT molecular complexity index is 4620. The quantitative estimate of drug-likeness (QED) is 0.0214. The van der Waals surface area contributed by atoms with E-state index in [0.717, 1.165) is 48.5 Å². The van der Waals surface area contributed by atoms with Crippen molar-refractivity contribution in [2.75, 3.05) is 46.8 Å². The van der Waals surface area contributed by atoms with E-state index in [1.807, 2.05) is 0 Å². The van der Waals surface area contributed by atoms with Crippen molar-refractivity contribution < 1.29 is 101 Å². The van der Waals surface area contributed by atoms with Gasteiger partial charge < -0.3 is 25.7 Å². The minimum absolute atomic E-state index is 0.0557. The number of halogens is 2. The number of nitrogens with zero attached hydrogens (tertiary/aromatic N) is 8. The van der Waals surface area contributed by atoms with Gasteiger partial charge in [0, 0.05) is 35.1 Å². The number of anilines is 5. The molecule has 83 heavy (non-hydrogen) atoms. The Balaban J connectivity index is 1.27. The van der Waals surface area contributed by atoms with Gasteiger partial charge in [0.2, 0.25) is 32.9 Å². The number of phenolic OH excluding ortho intramolecular Hbond substituents is 2. The summed E-state index contributed by atoms with van der Waals surface area (Å²) in [4.78, 5) is 21.2. The first kappa shape index (κ1) is 63.5. The summed E-state index contributed by atoms with van der Waals surface area (Å²) in [5, 5.41) is 40.8. The number of alkyl halides is 1. The number of aromatic hydroxyl groups is 2. The number of carbonyl (C=O) groups is 1. The first-order valence-corrected chi connectivity index (χ1v) is 32.6. The van der Waals surface area contributed by atoms with Crippen LogP contribution in [0.5, 0.6) is 11.5 Å². The van der Waals surface area contributed by atoms with E-state index < -0.39 is 170 Å². The van der Waals surface area contributed by atoms with E-state index in [1.165, 1.54) is 30.1 Å². The molecule has 7 rings (SSSR count). The van der Waals surface area contributed by atoms with Crippen molar-refractivity contribution in [3.63, 3.8) is 0 Å². The maximum Gasteiger partial charge on any atom is 0.398 e. The average Bonchev–Trinajstić information content (AvgIpc) is 3.40. The second-order valence-electron chi connectivity index (χ2n) is 16.3. The van der Waals surface area contributed by atoms with Gasteiger partial charge in [-0.1, -0.05) is 0 Å². The van der Waals surface area contributed by atoms with Gasteiger partial charge in [0.15, 0.2) is 28.5 Å². The predicted molar refractivity (Wildman–Crippen MR) is 291 cm³/mol. The molecule has 33 nitrogen and oxygen atoms in total. The summed E-state index contributed by atoms with van der Waals surface area (Å²) in [6.45, 7) is -0.180. The van der Waals surface area contributed by atoms with Gasteiger partial charge in [-0.2, -0.15) is 62.2 Å². The monoisotopic (exact) mass is 1330 g/mol. The van der Waals surface area contributed by atoms with Crippen LogP contribution >= 0.6 is 23.2 Å². The molecule has 6 aromatic carbocycles. The van der Waals surface area contributed by atoms with Crippen LogP contribution in [0.3, 0.4) is 0 Å². The molecule has 0 fully saturated rings. The number of hydrogen-bond acceptors (Lipinski definition) is 27. The van der Waals surface area contributed by atoms with Crippen molar-refractivity contribution in [3.05, 3.63) is 90.2 Å². The minimum Gasteiger partial charge on any atom is -0.505 e. The highest BCUT2D eigenvalue weighted by molar-refractivity contribution is 7.92. The standard InChI is InChI=1S/C41H34Cl2N10O23S7/c1-53(24-5-8-27-20(12-24)14-31(81(66,67)68)35(37(27)55)51-49-22-2-6-25(7-3-22)78(58,59)19-76-83(72,73)74)41-47-39(43)46-40(48-41)45-29-17-26(79(60,61)62)13-21-15-32(82(69,70)71)36(38(56)34(21)29)52-50-28-16-23(4-9-30(28)80(63,64)65)44-33(54)18-77(57)75-11-10-42/h2-9,12-17,55-56H,10-11,18-19H2,1H3,(H,44,54)(H,60,61,62)(H,63,64,65)(H,66,67,68)(H,69,70,71)(H,72,73,74)(H,45,46,47,48). The third kappa shape index (κ3) is 15.6. The smallest absolute Gasteiger partial charge is 0.398 e. The van der Waals surface area contributed by atoms with Crippen LogP contribution in [-0.4, -0.2) is 140 Å². The molecule has 0 spiro atoms. The Labute approximate surface area is 480 Å². The maximum atomic E-state index is 12.8. The van der Waals surface area contributed by atoms with Gasteiger partial charge in [-0.3, -0.25) is 31.7 Å². The first-order valence-electron chi connectivity index (χ1n) is 21.7. The molecule has 0 saturated carbocycles. The van der Waals surface area contributed by atoms with Crippen LogP contribution in [0, 0.1) is 0 Å². The molecule has 0 aliphatic heterocycles. The molecule has 42 heteroatoms. The third-order valence-corrected chi connectivity index (χ3v) is 17.4. The summed E-state index contributed by atoms with van der Waals surface area (Å²) in [6.07, 6.45) is 0. The number of nitrogens with one attached hydrogen (secondary N) is 2. The fourth-order valence-corrected chi connectivity index (χ4v) is 12.2. The van der Waals surface area contributed by atoms with Gasteiger partial charge >= 0.3 is 10.4 Å². The highest BCUT2D eigenvalue weighted by atomic mass is 35.5. The van der Waals surface area contributed by atoms with Gasteiger partial charge in [0.25, 0.3) is 40.5 Å². The lowest BCUT2D eigenvalue weighted by atomic mass is 10.1. The van der Waals surface area contributed by atoms with Gasteiger partial charge in [0.05, 0.1) is 27.8 Å². The topological polar surface area (TPSA) is 514 Å². The lowest BCUT2D eigenvalue weighted by molar-refractivity contribution is -0.113. The zero-order valence-corrected chi connectivity index (χ0v) is 48.0. The van der Waals surface area contributed by atoms with Crippen molar-refractivity contribution in [2.45, 2.75) is 24.5 Å². The third-order valence-electron chi connectivity index (χ3n) is 10.7. The molecule has 0 aliphatic rings. The van der Waals surface area contributed by atoms with Gasteiger partial charge in [-0.05, 0) is 107 Å². The summed E-state index contributed by atoms with van der Waals surface area (Å²) < 4.78 is 218. The van der Waals surface area contributed by atoms with Crippen LogP contribution in [0.2, 0.25) is 5.28 Å². The van der Waals surface area contributed by atoms with E-state index in [4.69, 9.17) is 31.9 Å². The van der Waals surface area contributed by atoms with Crippen LogP contribution < -0.4 is 15.5 Å². The molecule has 0 bridgehead atoms. The zero-order chi connectivity index (χ0) is 61.4. The number of aromatic nitrogens is 3. The lowest BCUT2D eigenvalue weighted by Crippen LogP contribution is -2.21. The maximum absolute atomic E-state index is 12.8. The molecule has 0 aliphatic carbocycles. The Morgan fingerprint density at radius 1 is 0.675 bits per heavy atom. The Morgan fingerprint density at radius 2 is 1.29 bits per heavy atom. The Morgan fingerprint density at radius 3 is 1.89 bits per heavy atom. The van der Waals surface area contributed by atoms with E-state index in [0.29, 0.717) is 18.2 Å². The molecular weight excluding hydrogens is 1300 g/mol. The number of fused-ring (bicyclic) bond motifs is 2. The van der Waals surface area contributed by atoms with E-state index in [-0.39, 0.29) is 46.3 Å². The molecule has 7 aromatic rings. The van der Waals surface area contributed by atoms with Crippen molar-refractivity contribution in [2.24, 2.45) is 20.5 Å². The number of rotatable bonds is 22. The summed E-state index contributed by atoms with van der Waals surface area (Å²) in [6, 6.07) is 13.0. The first-order chi connectivity index (χ1) is 38.4. The average molecular weight is 1330 g/mol.